The number of rotatable bonds is 4. The van der Waals surface area contributed by atoms with Crippen LogP contribution >= 0.6 is 0 Å². The van der Waals surface area contributed by atoms with Gasteiger partial charge < -0.3 is 20.7 Å². The lowest BCUT2D eigenvalue weighted by molar-refractivity contribution is -0.133. The Morgan fingerprint density at radius 2 is 2.14 bits per heavy atom. The van der Waals surface area contributed by atoms with Gasteiger partial charge in [-0.3, -0.25) is 9.69 Å². The van der Waals surface area contributed by atoms with Crippen molar-refractivity contribution in [1.82, 2.24) is 15.1 Å². The van der Waals surface area contributed by atoms with E-state index in [2.05, 4.69) is 24.1 Å². The molecule has 0 aliphatic carbocycles. The van der Waals surface area contributed by atoms with Gasteiger partial charge in [0.1, 0.15) is 0 Å². The SMILES string of the molecule is CC1CCCN(C(C)CNC(=O)N2CCOC(C(N)=O)C2)C1. The summed E-state index contributed by atoms with van der Waals surface area (Å²) in [6, 6.07) is 0.172. The Labute approximate surface area is 132 Å². The van der Waals surface area contributed by atoms with Gasteiger partial charge >= 0.3 is 6.03 Å². The number of likely N-dealkylation sites (tertiary alicyclic amines) is 1. The summed E-state index contributed by atoms with van der Waals surface area (Å²) in [5, 5.41) is 2.96. The van der Waals surface area contributed by atoms with E-state index in [4.69, 9.17) is 10.5 Å². The zero-order chi connectivity index (χ0) is 16.1. The molecular formula is C15H28N4O3. The maximum absolute atomic E-state index is 12.2. The van der Waals surface area contributed by atoms with Crippen molar-refractivity contribution in [3.05, 3.63) is 0 Å². The second-order valence-electron chi connectivity index (χ2n) is 6.49. The van der Waals surface area contributed by atoms with E-state index in [1.807, 2.05) is 0 Å². The number of hydrogen-bond acceptors (Lipinski definition) is 4. The molecule has 0 radical (unpaired) electrons. The molecule has 7 nitrogen and oxygen atoms in total. The third-order valence-corrected chi connectivity index (χ3v) is 4.53. The van der Waals surface area contributed by atoms with Gasteiger partial charge in [-0.15, -0.1) is 0 Å². The first-order valence-electron chi connectivity index (χ1n) is 8.15. The summed E-state index contributed by atoms with van der Waals surface area (Å²) >= 11 is 0. The highest BCUT2D eigenvalue weighted by Crippen LogP contribution is 2.17. The van der Waals surface area contributed by atoms with Crippen LogP contribution in [0.15, 0.2) is 0 Å². The number of nitrogens with two attached hydrogens (primary N) is 1. The highest BCUT2D eigenvalue weighted by atomic mass is 16.5. The number of hydrogen-bond donors (Lipinski definition) is 2. The van der Waals surface area contributed by atoms with Gasteiger partial charge in [-0.2, -0.15) is 0 Å². The summed E-state index contributed by atoms with van der Waals surface area (Å²) in [5.41, 5.74) is 5.23. The van der Waals surface area contributed by atoms with E-state index in [1.54, 1.807) is 4.90 Å². The van der Waals surface area contributed by atoms with Crippen molar-refractivity contribution in [2.75, 3.05) is 39.3 Å². The van der Waals surface area contributed by atoms with E-state index < -0.39 is 12.0 Å². The number of morpholine rings is 1. The fourth-order valence-electron chi connectivity index (χ4n) is 3.11. The summed E-state index contributed by atoms with van der Waals surface area (Å²) < 4.78 is 5.25. The first kappa shape index (κ1) is 17.0. The average molecular weight is 312 g/mol. The fourth-order valence-corrected chi connectivity index (χ4v) is 3.11. The summed E-state index contributed by atoms with van der Waals surface area (Å²) in [5.74, 6) is 0.204. The standard InChI is InChI=1S/C15H28N4O3/c1-11-4-3-5-18(9-11)12(2)8-17-15(21)19-6-7-22-13(10-19)14(16)20/h11-13H,3-10H2,1-2H3,(H2,16,20)(H,17,21). The first-order valence-corrected chi connectivity index (χ1v) is 8.15. The molecular weight excluding hydrogens is 284 g/mol. The molecule has 0 aromatic carbocycles. The normalized spacial score (nSPS) is 28.2. The molecule has 0 aromatic rings. The van der Waals surface area contributed by atoms with E-state index in [0.29, 0.717) is 25.7 Å². The molecule has 2 fully saturated rings. The van der Waals surface area contributed by atoms with Crippen LogP contribution in [0.1, 0.15) is 26.7 Å². The summed E-state index contributed by atoms with van der Waals surface area (Å²) in [7, 11) is 0. The van der Waals surface area contributed by atoms with Crippen molar-refractivity contribution in [2.45, 2.75) is 38.8 Å². The average Bonchev–Trinajstić information content (AvgIpc) is 2.52. The molecule has 0 aromatic heterocycles. The van der Waals surface area contributed by atoms with Crippen LogP contribution in [0, 0.1) is 5.92 Å². The molecule has 3 N–H and O–H groups in total. The molecule has 0 bridgehead atoms. The third kappa shape index (κ3) is 4.58. The minimum Gasteiger partial charge on any atom is -0.367 e. The summed E-state index contributed by atoms with van der Waals surface area (Å²) in [6.45, 7) is 8.30. The van der Waals surface area contributed by atoms with Crippen LogP contribution in [-0.4, -0.2) is 73.2 Å². The number of carbonyl (C=O) groups excluding carboxylic acids is 2. The van der Waals surface area contributed by atoms with Gasteiger partial charge in [-0.25, -0.2) is 4.79 Å². The lowest BCUT2D eigenvalue weighted by Gasteiger charge is -2.36. The number of nitrogens with zero attached hydrogens (tertiary/aromatic N) is 2. The Morgan fingerprint density at radius 1 is 1.36 bits per heavy atom. The van der Waals surface area contributed by atoms with Gasteiger partial charge in [0, 0.05) is 25.7 Å². The molecule has 2 heterocycles. The number of ether oxygens (including phenoxy) is 1. The maximum atomic E-state index is 12.2. The second kappa shape index (κ2) is 7.78. The smallest absolute Gasteiger partial charge is 0.317 e. The molecule has 3 atom stereocenters. The molecule has 2 rings (SSSR count). The minimum absolute atomic E-state index is 0.147. The fraction of sp³-hybridized carbons (Fsp3) is 0.867. The molecule has 3 amide bonds. The van der Waals surface area contributed by atoms with Crippen molar-refractivity contribution >= 4 is 11.9 Å². The largest absolute Gasteiger partial charge is 0.367 e. The number of nitrogens with one attached hydrogen (secondary N) is 1. The van der Waals surface area contributed by atoms with Gasteiger partial charge in [0.05, 0.1) is 13.2 Å². The zero-order valence-corrected chi connectivity index (χ0v) is 13.6. The molecule has 7 heteroatoms. The van der Waals surface area contributed by atoms with E-state index in [-0.39, 0.29) is 12.6 Å². The minimum atomic E-state index is -0.695. The quantitative estimate of drug-likeness (QED) is 0.765. The Kier molecular flexibility index (Phi) is 6.02. The van der Waals surface area contributed by atoms with Crippen LogP contribution in [-0.2, 0) is 9.53 Å². The van der Waals surface area contributed by atoms with Gasteiger partial charge in [0.15, 0.2) is 6.10 Å². The van der Waals surface area contributed by atoms with Crippen LogP contribution in [0.2, 0.25) is 0 Å². The summed E-state index contributed by atoms with van der Waals surface area (Å²) in [4.78, 5) is 27.4. The van der Waals surface area contributed by atoms with Gasteiger partial charge in [-0.05, 0) is 32.2 Å². The van der Waals surface area contributed by atoms with Crippen molar-refractivity contribution in [2.24, 2.45) is 11.7 Å². The highest BCUT2D eigenvalue weighted by molar-refractivity contribution is 5.81. The molecule has 0 spiro atoms. The molecule has 2 aliphatic heterocycles. The van der Waals surface area contributed by atoms with E-state index >= 15 is 0 Å². The number of urea groups is 1. The lowest BCUT2D eigenvalue weighted by atomic mass is 9.99. The van der Waals surface area contributed by atoms with E-state index in [0.717, 1.165) is 19.0 Å². The molecule has 126 valence electrons. The van der Waals surface area contributed by atoms with Crippen molar-refractivity contribution in [3.63, 3.8) is 0 Å². The highest BCUT2D eigenvalue weighted by Gasteiger charge is 2.28. The van der Waals surface area contributed by atoms with Gasteiger partial charge in [0.2, 0.25) is 5.91 Å². The molecule has 0 saturated carbocycles. The predicted octanol–water partition coefficient (Wildman–Crippen LogP) is 0.00250. The summed E-state index contributed by atoms with van der Waals surface area (Å²) in [6.07, 6.45) is 1.82. The number of piperidine rings is 1. The molecule has 3 unspecified atom stereocenters. The first-order chi connectivity index (χ1) is 10.5. The van der Waals surface area contributed by atoms with Crippen LogP contribution in [0.5, 0.6) is 0 Å². The van der Waals surface area contributed by atoms with Gasteiger partial charge in [0.25, 0.3) is 0 Å². The molecule has 2 saturated heterocycles. The number of carbonyl (C=O) groups is 2. The van der Waals surface area contributed by atoms with Crippen molar-refractivity contribution in [1.29, 1.82) is 0 Å². The van der Waals surface area contributed by atoms with E-state index in [1.165, 1.54) is 12.8 Å². The van der Waals surface area contributed by atoms with Crippen LogP contribution < -0.4 is 11.1 Å². The maximum Gasteiger partial charge on any atom is 0.317 e. The number of primary amides is 1. The zero-order valence-electron chi connectivity index (χ0n) is 13.6. The van der Waals surface area contributed by atoms with Crippen LogP contribution in [0.4, 0.5) is 4.79 Å². The second-order valence-corrected chi connectivity index (χ2v) is 6.49. The molecule has 22 heavy (non-hydrogen) atoms. The Balaban J connectivity index is 1.75. The molecule has 2 aliphatic rings. The topological polar surface area (TPSA) is 87.9 Å². The predicted molar refractivity (Wildman–Crippen MR) is 83.3 cm³/mol. The van der Waals surface area contributed by atoms with E-state index in [9.17, 15) is 9.59 Å². The van der Waals surface area contributed by atoms with Crippen molar-refractivity contribution in [3.8, 4) is 0 Å². The van der Waals surface area contributed by atoms with Crippen LogP contribution in [0.25, 0.3) is 0 Å². The van der Waals surface area contributed by atoms with Gasteiger partial charge in [-0.1, -0.05) is 6.92 Å². The lowest BCUT2D eigenvalue weighted by Crippen LogP contribution is -2.54. The van der Waals surface area contributed by atoms with Crippen molar-refractivity contribution < 1.29 is 14.3 Å². The third-order valence-electron chi connectivity index (χ3n) is 4.53. The Morgan fingerprint density at radius 3 is 2.82 bits per heavy atom. The Hall–Kier alpha value is -1.34. The Bertz CT molecular complexity index is 404. The monoisotopic (exact) mass is 312 g/mol. The number of amides is 3. The van der Waals surface area contributed by atoms with Crippen LogP contribution in [0.3, 0.4) is 0 Å².